The molecule has 1 aromatic carbocycles. The van der Waals surface area contributed by atoms with Crippen molar-refractivity contribution in [3.8, 4) is 11.4 Å². The molecule has 1 N–H and O–H groups in total. The van der Waals surface area contributed by atoms with Gasteiger partial charge in [0.25, 0.3) is 0 Å². The van der Waals surface area contributed by atoms with E-state index in [-0.39, 0.29) is 5.56 Å². The Kier molecular flexibility index (Phi) is 3.02. The predicted octanol–water partition coefficient (Wildman–Crippen LogP) is 3.17. The van der Waals surface area contributed by atoms with Gasteiger partial charge in [0, 0.05) is 16.2 Å². The number of pyridine rings is 1. The maximum atomic E-state index is 11.1. The van der Waals surface area contributed by atoms with E-state index in [1.54, 1.807) is 10.5 Å². The summed E-state index contributed by atoms with van der Waals surface area (Å²) in [5.74, 6) is -0.348. The third kappa shape index (κ3) is 1.98. The van der Waals surface area contributed by atoms with Gasteiger partial charge in [0.2, 0.25) is 0 Å². The molecule has 0 fully saturated rings. The minimum atomic E-state index is -0.975. The van der Waals surface area contributed by atoms with Gasteiger partial charge in [-0.05, 0) is 30.7 Å². The van der Waals surface area contributed by atoms with Crippen LogP contribution in [0.1, 0.15) is 15.9 Å². The van der Waals surface area contributed by atoms with Crippen LogP contribution in [0.3, 0.4) is 0 Å². The maximum Gasteiger partial charge on any atom is 0.337 e. The summed E-state index contributed by atoms with van der Waals surface area (Å²) in [6, 6.07) is 8.96. The lowest BCUT2D eigenvalue weighted by Crippen LogP contribution is -2.00. The number of carboxylic acids is 1. The van der Waals surface area contributed by atoms with Crippen LogP contribution in [0.15, 0.2) is 41.0 Å². The van der Waals surface area contributed by atoms with Gasteiger partial charge in [0.1, 0.15) is 0 Å². The molecule has 0 bridgehead atoms. The van der Waals surface area contributed by atoms with Gasteiger partial charge in [0.15, 0.2) is 11.5 Å². The number of aromatic carboxylic acids is 1. The van der Waals surface area contributed by atoms with Crippen LogP contribution in [0, 0.1) is 6.92 Å². The first kappa shape index (κ1) is 12.8. The highest BCUT2D eigenvalue weighted by Gasteiger charge is 2.13. The molecule has 0 saturated heterocycles. The number of rotatable bonds is 2. The molecule has 0 saturated carbocycles. The van der Waals surface area contributed by atoms with Gasteiger partial charge >= 0.3 is 5.97 Å². The highest BCUT2D eigenvalue weighted by Crippen LogP contribution is 2.27. The predicted molar refractivity (Wildman–Crippen MR) is 77.8 cm³/mol. The van der Waals surface area contributed by atoms with Gasteiger partial charge < -0.3 is 5.11 Å². The van der Waals surface area contributed by atoms with E-state index < -0.39 is 5.97 Å². The molecule has 0 aliphatic carbocycles. The first-order valence-electron chi connectivity index (χ1n) is 5.91. The molecule has 0 radical (unpaired) electrons. The average molecular weight is 332 g/mol. The number of hydrogen-bond acceptors (Lipinski definition) is 3. The molecule has 100 valence electrons. The Morgan fingerprint density at radius 1 is 1.25 bits per heavy atom. The highest BCUT2D eigenvalue weighted by atomic mass is 79.9. The van der Waals surface area contributed by atoms with E-state index in [9.17, 15) is 4.79 Å². The van der Waals surface area contributed by atoms with Crippen LogP contribution >= 0.6 is 15.9 Å². The number of carbonyl (C=O) groups is 1. The van der Waals surface area contributed by atoms with Crippen LogP contribution in [0.25, 0.3) is 17.0 Å². The number of nitrogens with zero attached hydrogens (tertiary/aromatic N) is 3. The number of halogens is 1. The van der Waals surface area contributed by atoms with Crippen LogP contribution < -0.4 is 0 Å². The van der Waals surface area contributed by atoms with E-state index in [0.29, 0.717) is 11.5 Å². The summed E-state index contributed by atoms with van der Waals surface area (Å²) >= 11 is 3.48. The normalized spacial score (nSPS) is 10.9. The summed E-state index contributed by atoms with van der Waals surface area (Å²) in [5, 5.41) is 17.3. The molecule has 0 amide bonds. The van der Waals surface area contributed by atoms with Crippen LogP contribution in [0.5, 0.6) is 0 Å². The van der Waals surface area contributed by atoms with E-state index in [1.165, 1.54) is 12.3 Å². The van der Waals surface area contributed by atoms with Crippen LogP contribution in [0.2, 0.25) is 0 Å². The van der Waals surface area contributed by atoms with Crippen molar-refractivity contribution in [1.82, 2.24) is 14.6 Å². The van der Waals surface area contributed by atoms with Gasteiger partial charge in [0.05, 0.1) is 5.56 Å². The summed E-state index contributed by atoms with van der Waals surface area (Å²) in [7, 11) is 0. The van der Waals surface area contributed by atoms with Crippen molar-refractivity contribution < 1.29 is 9.90 Å². The van der Waals surface area contributed by atoms with Crippen molar-refractivity contribution in [3.05, 3.63) is 52.1 Å². The molecule has 3 rings (SSSR count). The summed E-state index contributed by atoms with van der Waals surface area (Å²) < 4.78 is 2.67. The van der Waals surface area contributed by atoms with Gasteiger partial charge in [-0.2, -0.15) is 0 Å². The Hall–Kier alpha value is -2.21. The standard InChI is InChI=1S/C14H10BrN3O2/c1-8-10(3-2-4-11(8)15)13-17-16-12-6-5-9(14(19)20)7-18(12)13/h2-7H,1H3,(H,19,20). The van der Waals surface area contributed by atoms with E-state index >= 15 is 0 Å². The van der Waals surface area contributed by atoms with Gasteiger partial charge in [-0.3, -0.25) is 4.40 Å². The monoisotopic (exact) mass is 331 g/mol. The Morgan fingerprint density at radius 3 is 2.80 bits per heavy atom. The number of hydrogen-bond donors (Lipinski definition) is 1. The molecule has 0 aliphatic heterocycles. The molecule has 0 spiro atoms. The van der Waals surface area contributed by atoms with E-state index in [1.807, 2.05) is 25.1 Å². The third-order valence-corrected chi connectivity index (χ3v) is 4.02. The number of carboxylic acid groups (broad SMARTS) is 1. The van der Waals surface area contributed by atoms with Crippen molar-refractivity contribution in [2.75, 3.05) is 0 Å². The Labute approximate surface area is 123 Å². The van der Waals surface area contributed by atoms with E-state index in [4.69, 9.17) is 5.11 Å². The molecular formula is C14H10BrN3O2. The molecule has 2 aromatic heterocycles. The van der Waals surface area contributed by atoms with Crippen LogP contribution in [0.4, 0.5) is 0 Å². The maximum absolute atomic E-state index is 11.1. The largest absolute Gasteiger partial charge is 0.478 e. The Bertz CT molecular complexity index is 826. The molecule has 2 heterocycles. The molecule has 20 heavy (non-hydrogen) atoms. The SMILES string of the molecule is Cc1c(Br)cccc1-c1nnc2ccc(C(=O)O)cn12. The van der Waals surface area contributed by atoms with Gasteiger partial charge in [-0.25, -0.2) is 4.79 Å². The van der Waals surface area contributed by atoms with Crippen molar-refractivity contribution in [1.29, 1.82) is 0 Å². The topological polar surface area (TPSA) is 67.5 Å². The van der Waals surface area contributed by atoms with Crippen LogP contribution in [-0.2, 0) is 0 Å². The second-order valence-electron chi connectivity index (χ2n) is 4.39. The molecule has 6 heteroatoms. The second-order valence-corrected chi connectivity index (χ2v) is 5.24. The third-order valence-electron chi connectivity index (χ3n) is 3.16. The lowest BCUT2D eigenvalue weighted by Gasteiger charge is -2.06. The average Bonchev–Trinajstić information content (AvgIpc) is 2.84. The summed E-state index contributed by atoms with van der Waals surface area (Å²) in [6.45, 7) is 1.97. The van der Waals surface area contributed by atoms with Crippen molar-refractivity contribution >= 4 is 27.5 Å². The fraction of sp³-hybridized carbons (Fsp3) is 0.0714. The lowest BCUT2D eigenvalue weighted by molar-refractivity contribution is 0.0696. The molecule has 0 unspecified atom stereocenters. The van der Waals surface area contributed by atoms with Gasteiger partial charge in [-0.15, -0.1) is 10.2 Å². The van der Waals surface area contributed by atoms with Crippen molar-refractivity contribution in [3.63, 3.8) is 0 Å². The fourth-order valence-electron chi connectivity index (χ4n) is 2.05. The molecule has 5 nitrogen and oxygen atoms in total. The minimum Gasteiger partial charge on any atom is -0.478 e. The van der Waals surface area contributed by atoms with E-state index in [0.717, 1.165) is 15.6 Å². The second kappa shape index (κ2) is 4.72. The van der Waals surface area contributed by atoms with E-state index in [2.05, 4.69) is 26.1 Å². The van der Waals surface area contributed by atoms with Gasteiger partial charge in [-0.1, -0.05) is 28.1 Å². The highest BCUT2D eigenvalue weighted by molar-refractivity contribution is 9.10. The summed E-state index contributed by atoms with van der Waals surface area (Å²) in [4.78, 5) is 11.1. The van der Waals surface area contributed by atoms with Crippen molar-refractivity contribution in [2.24, 2.45) is 0 Å². The number of benzene rings is 1. The van der Waals surface area contributed by atoms with Crippen molar-refractivity contribution in [2.45, 2.75) is 6.92 Å². The quantitative estimate of drug-likeness (QED) is 0.783. The Morgan fingerprint density at radius 2 is 2.05 bits per heavy atom. The number of fused-ring (bicyclic) bond motifs is 1. The zero-order valence-corrected chi connectivity index (χ0v) is 12.1. The summed E-state index contributed by atoms with van der Waals surface area (Å²) in [5.41, 5.74) is 2.76. The number of aromatic nitrogens is 3. The summed E-state index contributed by atoms with van der Waals surface area (Å²) in [6.07, 6.45) is 1.54. The smallest absolute Gasteiger partial charge is 0.337 e. The lowest BCUT2D eigenvalue weighted by atomic mass is 10.1. The zero-order chi connectivity index (χ0) is 14.3. The minimum absolute atomic E-state index is 0.200. The molecular weight excluding hydrogens is 322 g/mol. The van der Waals surface area contributed by atoms with Crippen LogP contribution in [-0.4, -0.2) is 25.7 Å². The molecule has 0 aliphatic rings. The first-order chi connectivity index (χ1) is 9.58. The molecule has 3 aromatic rings. The molecule has 0 atom stereocenters. The first-order valence-corrected chi connectivity index (χ1v) is 6.71. The Balaban J connectivity index is 2.28. The fourth-order valence-corrected chi connectivity index (χ4v) is 2.42. The zero-order valence-electron chi connectivity index (χ0n) is 10.5.